The molecule has 1 unspecified atom stereocenters. The molecule has 0 spiro atoms. The van der Waals surface area contributed by atoms with E-state index in [1.807, 2.05) is 6.08 Å². The predicted octanol–water partition coefficient (Wildman–Crippen LogP) is 2.77. The molecule has 1 atom stereocenters. The summed E-state index contributed by atoms with van der Waals surface area (Å²) < 4.78 is 0. The number of alkyl halides is 1. The third-order valence-corrected chi connectivity index (χ3v) is 3.65. The number of rotatable bonds is 4. The summed E-state index contributed by atoms with van der Waals surface area (Å²) in [5, 5.41) is 0. The molecule has 98 valence electrons. The van der Waals surface area contributed by atoms with Crippen molar-refractivity contribution in [1.82, 2.24) is 9.80 Å². The Bertz CT molecular complexity index is 377. The van der Waals surface area contributed by atoms with Gasteiger partial charge in [0, 0.05) is 38.1 Å². The van der Waals surface area contributed by atoms with Gasteiger partial charge in [-0.05, 0) is 12.6 Å². The summed E-state index contributed by atoms with van der Waals surface area (Å²) in [5.41, 5.74) is 1.41. The van der Waals surface area contributed by atoms with Gasteiger partial charge in [0.15, 0.2) is 0 Å². The molecule has 0 amide bonds. The second-order valence-electron chi connectivity index (χ2n) is 4.81. The zero-order valence-corrected chi connectivity index (χ0v) is 11.7. The minimum atomic E-state index is 0.491. The molecule has 0 saturated carbocycles. The highest BCUT2D eigenvalue weighted by atomic mass is 35.5. The molecule has 0 N–H and O–H groups in total. The minimum absolute atomic E-state index is 0.491. The summed E-state index contributed by atoms with van der Waals surface area (Å²) in [6.45, 7) is 4.33. The van der Waals surface area contributed by atoms with Crippen molar-refractivity contribution in [2.45, 2.75) is 6.04 Å². The maximum atomic E-state index is 5.68. The topological polar surface area (TPSA) is 6.48 Å². The van der Waals surface area contributed by atoms with Gasteiger partial charge in [-0.1, -0.05) is 42.5 Å². The van der Waals surface area contributed by atoms with Gasteiger partial charge < -0.3 is 4.90 Å². The van der Waals surface area contributed by atoms with Crippen molar-refractivity contribution in [2.24, 2.45) is 0 Å². The van der Waals surface area contributed by atoms with E-state index >= 15 is 0 Å². The first-order chi connectivity index (χ1) is 8.81. The highest BCUT2D eigenvalue weighted by molar-refractivity contribution is 6.18. The van der Waals surface area contributed by atoms with E-state index in [1.165, 1.54) is 5.56 Å². The molecule has 1 saturated heterocycles. The third kappa shape index (κ3) is 3.58. The molecule has 1 aromatic rings. The van der Waals surface area contributed by atoms with Gasteiger partial charge in [-0.25, -0.2) is 0 Å². The van der Waals surface area contributed by atoms with E-state index in [4.69, 9.17) is 11.6 Å². The van der Waals surface area contributed by atoms with Gasteiger partial charge in [0.25, 0.3) is 0 Å². The lowest BCUT2D eigenvalue weighted by Gasteiger charge is -2.39. The maximum Gasteiger partial charge on any atom is 0.0478 e. The van der Waals surface area contributed by atoms with E-state index in [1.54, 1.807) is 0 Å². The predicted molar refractivity (Wildman–Crippen MR) is 78.1 cm³/mol. The Labute approximate surface area is 115 Å². The second kappa shape index (κ2) is 6.93. The molecular weight excluding hydrogens is 244 g/mol. The Morgan fingerprint density at radius 1 is 1.22 bits per heavy atom. The van der Waals surface area contributed by atoms with Crippen LogP contribution in [0.15, 0.2) is 42.5 Å². The Kier molecular flexibility index (Phi) is 5.24. The van der Waals surface area contributed by atoms with Crippen LogP contribution < -0.4 is 0 Å². The largest absolute Gasteiger partial charge is 0.303 e. The average Bonchev–Trinajstić information content (AvgIpc) is 2.41. The van der Waals surface area contributed by atoms with Crippen LogP contribution in [0.4, 0.5) is 0 Å². The molecular formula is C15H21ClN2. The summed E-state index contributed by atoms with van der Waals surface area (Å²) in [4.78, 5) is 4.93. The van der Waals surface area contributed by atoms with Crippen molar-refractivity contribution >= 4 is 11.6 Å². The second-order valence-corrected chi connectivity index (χ2v) is 5.12. The van der Waals surface area contributed by atoms with Crippen molar-refractivity contribution in [3.63, 3.8) is 0 Å². The third-order valence-electron chi connectivity index (χ3n) is 3.47. The molecule has 0 radical (unpaired) electrons. The van der Waals surface area contributed by atoms with Crippen LogP contribution in [0.5, 0.6) is 0 Å². The van der Waals surface area contributed by atoms with Gasteiger partial charge in [0.05, 0.1) is 0 Å². The standard InChI is InChI=1S/C15H21ClN2/c1-17-11-12-18(10-6-5-9-16)15(13-17)14-7-3-2-4-8-14/h2-8,15H,9-13H2,1H3. The lowest BCUT2D eigenvalue weighted by Crippen LogP contribution is -2.46. The van der Waals surface area contributed by atoms with Gasteiger partial charge in [0.1, 0.15) is 0 Å². The molecule has 0 bridgehead atoms. The normalized spacial score (nSPS) is 22.7. The Balaban J connectivity index is 2.09. The smallest absolute Gasteiger partial charge is 0.0478 e. The monoisotopic (exact) mass is 264 g/mol. The quantitative estimate of drug-likeness (QED) is 0.610. The van der Waals surface area contributed by atoms with Crippen LogP contribution in [0.1, 0.15) is 11.6 Å². The number of hydrogen-bond donors (Lipinski definition) is 0. The van der Waals surface area contributed by atoms with Crippen molar-refractivity contribution in [3.8, 4) is 0 Å². The van der Waals surface area contributed by atoms with E-state index in [2.05, 4.69) is 53.3 Å². The van der Waals surface area contributed by atoms with Crippen LogP contribution >= 0.6 is 11.6 Å². The number of likely N-dealkylation sites (N-methyl/N-ethyl adjacent to an activating group) is 1. The minimum Gasteiger partial charge on any atom is -0.303 e. The van der Waals surface area contributed by atoms with Crippen LogP contribution in [0, 0.1) is 0 Å². The fraction of sp³-hybridized carbons (Fsp3) is 0.467. The maximum absolute atomic E-state index is 5.68. The molecule has 1 aliphatic rings. The molecule has 1 heterocycles. The van der Waals surface area contributed by atoms with Crippen LogP contribution in [0.2, 0.25) is 0 Å². The Morgan fingerprint density at radius 3 is 2.72 bits per heavy atom. The Hall–Kier alpha value is -0.830. The number of nitrogens with zero attached hydrogens (tertiary/aromatic N) is 2. The summed E-state index contributed by atoms with van der Waals surface area (Å²) in [6, 6.07) is 11.3. The molecule has 2 nitrogen and oxygen atoms in total. The first-order valence-electron chi connectivity index (χ1n) is 6.50. The van der Waals surface area contributed by atoms with Crippen LogP contribution in [0.25, 0.3) is 0 Å². The first-order valence-corrected chi connectivity index (χ1v) is 7.03. The lowest BCUT2D eigenvalue weighted by atomic mass is 10.0. The molecule has 0 aromatic heterocycles. The van der Waals surface area contributed by atoms with Crippen LogP contribution in [0.3, 0.4) is 0 Å². The zero-order chi connectivity index (χ0) is 12.8. The summed E-state index contributed by atoms with van der Waals surface area (Å²) in [7, 11) is 2.20. The van der Waals surface area contributed by atoms with Gasteiger partial charge in [-0.2, -0.15) is 0 Å². The van der Waals surface area contributed by atoms with Crippen molar-refractivity contribution in [1.29, 1.82) is 0 Å². The lowest BCUT2D eigenvalue weighted by molar-refractivity contribution is 0.101. The fourth-order valence-electron chi connectivity index (χ4n) is 2.44. The number of piperazine rings is 1. The van der Waals surface area contributed by atoms with Crippen molar-refractivity contribution in [3.05, 3.63) is 48.0 Å². The highest BCUT2D eigenvalue weighted by Gasteiger charge is 2.25. The number of allylic oxidation sites excluding steroid dienone is 1. The van der Waals surface area contributed by atoms with E-state index in [9.17, 15) is 0 Å². The Morgan fingerprint density at radius 2 is 2.00 bits per heavy atom. The number of benzene rings is 1. The molecule has 3 heteroatoms. The van der Waals surface area contributed by atoms with Gasteiger partial charge in [0.2, 0.25) is 0 Å². The van der Waals surface area contributed by atoms with Crippen molar-refractivity contribution < 1.29 is 0 Å². The first kappa shape index (κ1) is 13.6. The summed E-state index contributed by atoms with van der Waals surface area (Å²) >= 11 is 5.68. The molecule has 1 aromatic carbocycles. The van der Waals surface area contributed by atoms with Gasteiger partial charge in [-0.15, -0.1) is 11.6 Å². The fourth-order valence-corrected chi connectivity index (χ4v) is 2.57. The van der Waals surface area contributed by atoms with Crippen molar-refractivity contribution in [2.75, 3.05) is 39.1 Å². The molecule has 0 aliphatic carbocycles. The highest BCUT2D eigenvalue weighted by Crippen LogP contribution is 2.24. The zero-order valence-electron chi connectivity index (χ0n) is 10.9. The van der Waals surface area contributed by atoms with E-state index < -0.39 is 0 Å². The SMILES string of the molecule is CN1CCN(CC=CCCl)C(c2ccccc2)C1. The van der Waals surface area contributed by atoms with Gasteiger partial charge >= 0.3 is 0 Å². The molecule has 18 heavy (non-hydrogen) atoms. The molecule has 1 fully saturated rings. The summed E-state index contributed by atoms with van der Waals surface area (Å²) in [6.07, 6.45) is 4.20. The van der Waals surface area contributed by atoms with Crippen LogP contribution in [-0.2, 0) is 0 Å². The molecule has 2 rings (SSSR count). The van der Waals surface area contributed by atoms with Gasteiger partial charge in [-0.3, -0.25) is 4.90 Å². The number of hydrogen-bond acceptors (Lipinski definition) is 2. The average molecular weight is 265 g/mol. The van der Waals surface area contributed by atoms with E-state index in [0.29, 0.717) is 11.9 Å². The van der Waals surface area contributed by atoms with E-state index in [0.717, 1.165) is 26.2 Å². The molecule has 1 aliphatic heterocycles. The van der Waals surface area contributed by atoms with Crippen LogP contribution in [-0.4, -0.2) is 48.9 Å². The summed E-state index contributed by atoms with van der Waals surface area (Å²) in [5.74, 6) is 0.601. The van der Waals surface area contributed by atoms with E-state index in [-0.39, 0.29) is 0 Å². The number of halogens is 1.